The highest BCUT2D eigenvalue weighted by Gasteiger charge is 2.19. The summed E-state index contributed by atoms with van der Waals surface area (Å²) in [5.41, 5.74) is 6.81. The van der Waals surface area contributed by atoms with E-state index in [0.717, 1.165) is 53.2 Å². The van der Waals surface area contributed by atoms with E-state index in [1.54, 1.807) is 0 Å². The standard InChI is InChI=1S/C25H21BrN4/c26-22-9-7-19(8-10-22)23-11-6-18(14-27-23)16-30-13-12-24-21(17-30)15-28-25(29-24)20-4-2-1-3-5-20/h1-11,14-15H,12-13,16-17H2. The Kier molecular flexibility index (Phi) is 5.39. The molecule has 2 aromatic carbocycles. The number of nitrogens with zero attached hydrogens (tertiary/aromatic N) is 4. The summed E-state index contributed by atoms with van der Waals surface area (Å²) in [6.07, 6.45) is 4.93. The van der Waals surface area contributed by atoms with Crippen molar-refractivity contribution >= 4 is 15.9 Å². The van der Waals surface area contributed by atoms with Crippen molar-refractivity contribution in [2.24, 2.45) is 0 Å². The third-order valence-corrected chi connectivity index (χ3v) is 5.94. The quantitative estimate of drug-likeness (QED) is 0.404. The summed E-state index contributed by atoms with van der Waals surface area (Å²) in [5.74, 6) is 0.815. The van der Waals surface area contributed by atoms with E-state index in [4.69, 9.17) is 4.98 Å². The van der Waals surface area contributed by atoms with Gasteiger partial charge in [0.25, 0.3) is 0 Å². The number of rotatable bonds is 4. The molecule has 0 amide bonds. The van der Waals surface area contributed by atoms with Gasteiger partial charge in [0.05, 0.1) is 11.4 Å². The van der Waals surface area contributed by atoms with Crippen LogP contribution in [0.1, 0.15) is 16.8 Å². The minimum absolute atomic E-state index is 0.815. The van der Waals surface area contributed by atoms with Gasteiger partial charge in [-0.25, -0.2) is 9.97 Å². The maximum absolute atomic E-state index is 4.82. The van der Waals surface area contributed by atoms with Crippen LogP contribution in [0.5, 0.6) is 0 Å². The van der Waals surface area contributed by atoms with Crippen molar-refractivity contribution in [2.75, 3.05) is 6.54 Å². The van der Waals surface area contributed by atoms with Gasteiger partial charge in [0.1, 0.15) is 0 Å². The molecule has 148 valence electrons. The number of hydrogen-bond donors (Lipinski definition) is 0. The zero-order valence-corrected chi connectivity index (χ0v) is 18.1. The zero-order chi connectivity index (χ0) is 20.3. The highest BCUT2D eigenvalue weighted by molar-refractivity contribution is 9.10. The van der Waals surface area contributed by atoms with E-state index in [1.165, 1.54) is 16.8 Å². The third-order valence-electron chi connectivity index (χ3n) is 5.42. The second-order valence-corrected chi connectivity index (χ2v) is 8.47. The molecule has 0 fully saturated rings. The van der Waals surface area contributed by atoms with Gasteiger partial charge in [-0.1, -0.05) is 64.5 Å². The van der Waals surface area contributed by atoms with Crippen molar-refractivity contribution in [3.63, 3.8) is 0 Å². The molecular formula is C25H21BrN4. The van der Waals surface area contributed by atoms with Crippen LogP contribution < -0.4 is 0 Å². The summed E-state index contributed by atoms with van der Waals surface area (Å²) in [5, 5.41) is 0. The van der Waals surface area contributed by atoms with Crippen LogP contribution in [0.2, 0.25) is 0 Å². The fourth-order valence-electron chi connectivity index (χ4n) is 3.80. The number of aromatic nitrogens is 3. The SMILES string of the molecule is Brc1ccc(-c2ccc(CN3CCc4nc(-c5ccccc5)ncc4C3)cn2)cc1. The molecule has 0 atom stereocenters. The first-order valence-electron chi connectivity index (χ1n) is 10.1. The summed E-state index contributed by atoms with van der Waals surface area (Å²) >= 11 is 3.48. The van der Waals surface area contributed by atoms with Crippen molar-refractivity contribution in [3.05, 3.63) is 100 Å². The van der Waals surface area contributed by atoms with Gasteiger partial charge in [-0.05, 0) is 23.8 Å². The summed E-state index contributed by atoms with van der Waals surface area (Å²) in [6, 6.07) is 22.7. The van der Waals surface area contributed by atoms with E-state index >= 15 is 0 Å². The third kappa shape index (κ3) is 4.18. The molecule has 0 spiro atoms. The Morgan fingerprint density at radius 3 is 2.43 bits per heavy atom. The van der Waals surface area contributed by atoms with Crippen molar-refractivity contribution in [3.8, 4) is 22.6 Å². The number of pyridine rings is 1. The molecule has 0 bridgehead atoms. The average molecular weight is 457 g/mol. The van der Waals surface area contributed by atoms with Gasteiger partial charge in [-0.15, -0.1) is 0 Å². The largest absolute Gasteiger partial charge is 0.294 e. The summed E-state index contributed by atoms with van der Waals surface area (Å²) < 4.78 is 1.08. The first-order chi connectivity index (χ1) is 14.7. The maximum atomic E-state index is 4.82. The minimum Gasteiger partial charge on any atom is -0.294 e. The summed E-state index contributed by atoms with van der Waals surface area (Å²) in [4.78, 5) is 16.5. The number of fused-ring (bicyclic) bond motifs is 1. The van der Waals surface area contributed by atoms with Crippen molar-refractivity contribution in [2.45, 2.75) is 19.5 Å². The van der Waals surface area contributed by atoms with Gasteiger partial charge in [0, 0.05) is 59.6 Å². The van der Waals surface area contributed by atoms with Gasteiger partial charge < -0.3 is 0 Å². The van der Waals surface area contributed by atoms with E-state index in [2.05, 4.69) is 67.2 Å². The van der Waals surface area contributed by atoms with E-state index in [0.29, 0.717) is 0 Å². The average Bonchev–Trinajstić information content (AvgIpc) is 2.80. The van der Waals surface area contributed by atoms with Crippen molar-refractivity contribution in [1.29, 1.82) is 0 Å². The van der Waals surface area contributed by atoms with Crippen LogP contribution in [0.15, 0.2) is 83.6 Å². The van der Waals surface area contributed by atoms with Crippen LogP contribution in [0.4, 0.5) is 0 Å². The predicted octanol–water partition coefficient (Wildman–Crippen LogP) is 5.53. The van der Waals surface area contributed by atoms with Crippen LogP contribution in [-0.4, -0.2) is 26.4 Å². The van der Waals surface area contributed by atoms with Crippen molar-refractivity contribution < 1.29 is 0 Å². The normalized spacial score (nSPS) is 13.8. The van der Waals surface area contributed by atoms with Crippen LogP contribution >= 0.6 is 15.9 Å². The van der Waals surface area contributed by atoms with Crippen LogP contribution in [0.25, 0.3) is 22.6 Å². The Hall–Kier alpha value is -2.89. The first kappa shape index (κ1) is 19.1. The number of hydrogen-bond acceptors (Lipinski definition) is 4. The lowest BCUT2D eigenvalue weighted by Crippen LogP contribution is -2.31. The number of benzene rings is 2. The second kappa shape index (κ2) is 8.46. The molecule has 1 aliphatic heterocycles. The van der Waals surface area contributed by atoms with Gasteiger partial charge >= 0.3 is 0 Å². The van der Waals surface area contributed by atoms with E-state index in [-0.39, 0.29) is 0 Å². The maximum Gasteiger partial charge on any atom is 0.159 e. The molecule has 4 nitrogen and oxygen atoms in total. The molecule has 0 radical (unpaired) electrons. The second-order valence-electron chi connectivity index (χ2n) is 7.55. The molecule has 0 N–H and O–H groups in total. The lowest BCUT2D eigenvalue weighted by Gasteiger charge is -2.28. The van der Waals surface area contributed by atoms with Crippen molar-refractivity contribution in [1.82, 2.24) is 19.9 Å². The van der Waals surface area contributed by atoms with E-state index in [9.17, 15) is 0 Å². The van der Waals surface area contributed by atoms with Crippen LogP contribution in [0.3, 0.4) is 0 Å². The van der Waals surface area contributed by atoms with Crippen LogP contribution in [0, 0.1) is 0 Å². The lowest BCUT2D eigenvalue weighted by molar-refractivity contribution is 0.242. The predicted molar refractivity (Wildman–Crippen MR) is 123 cm³/mol. The van der Waals surface area contributed by atoms with Gasteiger partial charge in [-0.2, -0.15) is 0 Å². The molecule has 5 heteroatoms. The summed E-state index contributed by atoms with van der Waals surface area (Å²) in [7, 11) is 0. The molecular weight excluding hydrogens is 436 g/mol. The monoisotopic (exact) mass is 456 g/mol. The smallest absolute Gasteiger partial charge is 0.159 e. The minimum atomic E-state index is 0.815. The Bertz CT molecular complexity index is 1140. The van der Waals surface area contributed by atoms with E-state index in [1.807, 2.05) is 42.7 Å². The van der Waals surface area contributed by atoms with Gasteiger partial charge in [0.15, 0.2) is 5.82 Å². The number of halogens is 1. The zero-order valence-electron chi connectivity index (χ0n) is 16.5. The molecule has 0 saturated heterocycles. The van der Waals surface area contributed by atoms with Gasteiger partial charge in [-0.3, -0.25) is 9.88 Å². The molecule has 0 unspecified atom stereocenters. The van der Waals surface area contributed by atoms with Gasteiger partial charge in [0.2, 0.25) is 0 Å². The Labute approximate surface area is 184 Å². The topological polar surface area (TPSA) is 41.9 Å². The molecule has 2 aromatic heterocycles. The molecule has 1 aliphatic rings. The molecule has 0 aliphatic carbocycles. The molecule has 5 rings (SSSR count). The highest BCUT2D eigenvalue weighted by atomic mass is 79.9. The lowest BCUT2D eigenvalue weighted by atomic mass is 10.1. The fourth-order valence-corrected chi connectivity index (χ4v) is 4.07. The highest BCUT2D eigenvalue weighted by Crippen LogP contribution is 2.23. The first-order valence-corrected chi connectivity index (χ1v) is 10.9. The Morgan fingerprint density at radius 2 is 1.67 bits per heavy atom. The fraction of sp³-hybridized carbons (Fsp3) is 0.160. The molecule has 30 heavy (non-hydrogen) atoms. The van der Waals surface area contributed by atoms with Crippen LogP contribution in [-0.2, 0) is 19.5 Å². The summed E-state index contributed by atoms with van der Waals surface area (Å²) in [6.45, 7) is 2.75. The molecule has 0 saturated carbocycles. The Morgan fingerprint density at radius 1 is 0.833 bits per heavy atom. The molecule has 4 aromatic rings. The van der Waals surface area contributed by atoms with E-state index < -0.39 is 0 Å². The Balaban J connectivity index is 1.27. The molecule has 3 heterocycles.